The first-order valence-corrected chi connectivity index (χ1v) is 14.1. The van der Waals surface area contributed by atoms with Crippen LogP contribution in [0.2, 0.25) is 0 Å². The summed E-state index contributed by atoms with van der Waals surface area (Å²) in [6, 6.07) is 15.8. The van der Waals surface area contributed by atoms with Crippen LogP contribution in [0.3, 0.4) is 0 Å². The van der Waals surface area contributed by atoms with Gasteiger partial charge in [-0.1, -0.05) is 30.7 Å². The van der Waals surface area contributed by atoms with Gasteiger partial charge in [-0.2, -0.15) is 0 Å². The third-order valence-electron chi connectivity index (χ3n) is 7.45. The van der Waals surface area contributed by atoms with Gasteiger partial charge in [-0.15, -0.1) is 0 Å². The number of anilines is 2. The summed E-state index contributed by atoms with van der Waals surface area (Å²) in [5, 5.41) is 2.98. The summed E-state index contributed by atoms with van der Waals surface area (Å²) in [5.41, 5.74) is 6.11. The van der Waals surface area contributed by atoms with Crippen LogP contribution in [0.1, 0.15) is 38.2 Å². The molecule has 3 aliphatic rings. The van der Waals surface area contributed by atoms with Gasteiger partial charge in [0.15, 0.2) is 5.78 Å². The second-order valence-corrected chi connectivity index (χ2v) is 10.1. The maximum Gasteiger partial charge on any atom is 0.258 e. The minimum atomic E-state index is -0.350. The van der Waals surface area contributed by atoms with Crippen molar-refractivity contribution in [3.8, 4) is 5.75 Å². The van der Waals surface area contributed by atoms with Crippen LogP contribution in [0.5, 0.6) is 5.75 Å². The van der Waals surface area contributed by atoms with Gasteiger partial charge in [-0.25, -0.2) is 5.48 Å². The number of fused-ring (bicyclic) bond motifs is 3. The summed E-state index contributed by atoms with van der Waals surface area (Å²) in [4.78, 5) is 38.4. The van der Waals surface area contributed by atoms with E-state index in [9.17, 15) is 9.59 Å². The average Bonchev–Trinajstić information content (AvgIpc) is 3.28. The Morgan fingerprint density at radius 2 is 1.72 bits per heavy atom. The van der Waals surface area contributed by atoms with Gasteiger partial charge in [0, 0.05) is 39.1 Å². The number of carbonyl (C=O) groups excluding carboxylic acids is 2. The SMILES string of the molecule is CCONCCN1C2=C(C(=O)NCc3ccc(OCCN4CCCCC4)cc3)C(=O)CCN2c2ccccc21. The second-order valence-electron chi connectivity index (χ2n) is 10.1. The molecule has 3 heterocycles. The summed E-state index contributed by atoms with van der Waals surface area (Å²) in [6.45, 7) is 8.41. The van der Waals surface area contributed by atoms with Crippen LogP contribution >= 0.6 is 0 Å². The second kappa shape index (κ2) is 13.1. The van der Waals surface area contributed by atoms with E-state index in [1.165, 1.54) is 19.3 Å². The maximum absolute atomic E-state index is 13.4. The number of ether oxygens (including phenoxy) is 1. The Labute approximate surface area is 230 Å². The Bertz CT molecular complexity index is 1180. The number of nitrogens with one attached hydrogen (secondary N) is 2. The van der Waals surface area contributed by atoms with Crippen LogP contribution in [0, 0.1) is 0 Å². The quantitative estimate of drug-likeness (QED) is 0.244. The largest absolute Gasteiger partial charge is 0.492 e. The molecule has 0 radical (unpaired) electrons. The Morgan fingerprint density at radius 3 is 2.49 bits per heavy atom. The number of amides is 1. The molecule has 0 atom stereocenters. The molecule has 5 rings (SSSR count). The van der Waals surface area contributed by atoms with Crippen molar-refractivity contribution >= 4 is 23.1 Å². The lowest BCUT2D eigenvalue weighted by molar-refractivity contribution is -0.123. The molecular weight excluding hydrogens is 494 g/mol. The highest BCUT2D eigenvalue weighted by Crippen LogP contribution is 2.44. The molecule has 0 saturated carbocycles. The molecule has 1 saturated heterocycles. The van der Waals surface area contributed by atoms with Crippen molar-refractivity contribution in [1.82, 2.24) is 15.7 Å². The number of hydroxylamine groups is 1. The molecule has 3 aliphatic heterocycles. The molecule has 9 nitrogen and oxygen atoms in total. The van der Waals surface area contributed by atoms with Crippen LogP contribution in [0.25, 0.3) is 0 Å². The third kappa shape index (κ3) is 6.43. The first kappa shape index (κ1) is 27.2. The molecule has 0 bridgehead atoms. The smallest absolute Gasteiger partial charge is 0.258 e. The molecule has 0 unspecified atom stereocenters. The van der Waals surface area contributed by atoms with E-state index in [-0.39, 0.29) is 17.3 Å². The first-order valence-electron chi connectivity index (χ1n) is 14.1. The number of carbonyl (C=O) groups is 2. The monoisotopic (exact) mass is 533 g/mol. The third-order valence-corrected chi connectivity index (χ3v) is 7.45. The summed E-state index contributed by atoms with van der Waals surface area (Å²) in [5.74, 6) is 0.995. The Kier molecular flexibility index (Phi) is 9.13. The Hall–Kier alpha value is -3.40. The number of nitrogens with zero attached hydrogens (tertiary/aromatic N) is 3. The van der Waals surface area contributed by atoms with Crippen LogP contribution in [-0.2, 0) is 21.0 Å². The number of para-hydroxylation sites is 2. The number of hydrogen-bond acceptors (Lipinski definition) is 8. The molecule has 0 aromatic heterocycles. The summed E-state index contributed by atoms with van der Waals surface area (Å²) < 4.78 is 5.93. The molecule has 0 aliphatic carbocycles. The first-order chi connectivity index (χ1) is 19.2. The van der Waals surface area contributed by atoms with Gasteiger partial charge in [0.1, 0.15) is 23.8 Å². The van der Waals surface area contributed by atoms with Crippen molar-refractivity contribution in [3.63, 3.8) is 0 Å². The van der Waals surface area contributed by atoms with Crippen molar-refractivity contribution in [2.45, 2.75) is 39.2 Å². The number of ketones is 1. The summed E-state index contributed by atoms with van der Waals surface area (Å²) in [7, 11) is 0. The zero-order chi connectivity index (χ0) is 27.0. The summed E-state index contributed by atoms with van der Waals surface area (Å²) >= 11 is 0. The number of piperidine rings is 1. The van der Waals surface area contributed by atoms with Crippen LogP contribution in [0.15, 0.2) is 59.9 Å². The van der Waals surface area contributed by atoms with Crippen molar-refractivity contribution < 1.29 is 19.2 Å². The number of hydrogen-bond donors (Lipinski definition) is 2. The van der Waals surface area contributed by atoms with E-state index >= 15 is 0 Å². The van der Waals surface area contributed by atoms with E-state index in [0.29, 0.717) is 51.6 Å². The molecule has 2 aromatic rings. The lowest BCUT2D eigenvalue weighted by Gasteiger charge is -2.31. The van der Waals surface area contributed by atoms with E-state index < -0.39 is 0 Å². The van der Waals surface area contributed by atoms with Gasteiger partial charge in [0.05, 0.1) is 18.0 Å². The zero-order valence-corrected chi connectivity index (χ0v) is 22.8. The van der Waals surface area contributed by atoms with Crippen LogP contribution in [0.4, 0.5) is 11.4 Å². The average molecular weight is 534 g/mol. The van der Waals surface area contributed by atoms with E-state index in [1.54, 1.807) is 0 Å². The number of rotatable bonds is 12. The highest BCUT2D eigenvalue weighted by atomic mass is 16.6. The minimum Gasteiger partial charge on any atom is -0.492 e. The van der Waals surface area contributed by atoms with E-state index in [1.807, 2.05) is 60.4 Å². The molecule has 2 N–H and O–H groups in total. The van der Waals surface area contributed by atoms with Crippen LogP contribution in [-0.4, -0.2) is 69.1 Å². The minimum absolute atomic E-state index is 0.133. The summed E-state index contributed by atoms with van der Waals surface area (Å²) in [6.07, 6.45) is 4.18. The molecule has 9 heteroatoms. The Balaban J connectivity index is 1.23. The maximum atomic E-state index is 13.4. The van der Waals surface area contributed by atoms with Crippen molar-refractivity contribution in [2.75, 3.05) is 62.3 Å². The fourth-order valence-corrected chi connectivity index (χ4v) is 5.49. The number of likely N-dealkylation sites (tertiary alicyclic amines) is 1. The molecule has 208 valence electrons. The van der Waals surface area contributed by atoms with E-state index in [0.717, 1.165) is 42.3 Å². The molecule has 1 fully saturated rings. The normalized spacial score (nSPS) is 17.3. The fourth-order valence-electron chi connectivity index (χ4n) is 5.49. The number of benzene rings is 2. The van der Waals surface area contributed by atoms with Crippen molar-refractivity contribution in [1.29, 1.82) is 0 Å². The fraction of sp³-hybridized carbons (Fsp3) is 0.467. The lowest BCUT2D eigenvalue weighted by Crippen LogP contribution is -2.43. The van der Waals surface area contributed by atoms with Crippen molar-refractivity contribution in [3.05, 3.63) is 65.5 Å². The highest BCUT2D eigenvalue weighted by molar-refractivity contribution is 6.22. The molecule has 1 amide bonds. The van der Waals surface area contributed by atoms with Gasteiger partial charge >= 0.3 is 0 Å². The zero-order valence-electron chi connectivity index (χ0n) is 22.8. The molecule has 0 spiro atoms. The molecular formula is C30H39N5O4. The number of Topliss-reactive ketones (excluding diaryl/α,β-unsaturated/α-hetero) is 1. The lowest BCUT2D eigenvalue weighted by atomic mass is 10.0. The van der Waals surface area contributed by atoms with Gasteiger partial charge in [-0.05, 0) is 62.7 Å². The van der Waals surface area contributed by atoms with Gasteiger partial charge in [-0.3, -0.25) is 14.5 Å². The predicted octanol–water partition coefficient (Wildman–Crippen LogP) is 3.22. The Morgan fingerprint density at radius 1 is 0.949 bits per heavy atom. The standard InChI is InChI=1S/C30H39N5O4/c1-2-39-32-15-19-35-26-9-5-4-8-25(26)34-18-14-27(36)28(30(34)35)29(37)31-22-23-10-12-24(13-11-23)38-21-20-33-16-6-3-7-17-33/h4-5,8-13,32H,2-3,6-7,14-22H2,1H3,(H,31,37). The molecule has 2 aromatic carbocycles. The predicted molar refractivity (Wildman–Crippen MR) is 151 cm³/mol. The van der Waals surface area contributed by atoms with E-state index in [4.69, 9.17) is 9.57 Å². The van der Waals surface area contributed by atoms with Crippen LogP contribution < -0.4 is 25.3 Å². The van der Waals surface area contributed by atoms with Gasteiger partial charge < -0.3 is 24.7 Å². The molecule has 39 heavy (non-hydrogen) atoms. The topological polar surface area (TPSA) is 86.4 Å². The van der Waals surface area contributed by atoms with Crippen molar-refractivity contribution in [2.24, 2.45) is 0 Å². The van der Waals surface area contributed by atoms with E-state index in [2.05, 4.69) is 20.6 Å². The highest BCUT2D eigenvalue weighted by Gasteiger charge is 2.40. The van der Waals surface area contributed by atoms with Gasteiger partial charge in [0.25, 0.3) is 5.91 Å². The van der Waals surface area contributed by atoms with Gasteiger partial charge in [0.2, 0.25) is 0 Å².